The smallest absolute Gasteiger partial charge is 0.259 e. The lowest BCUT2D eigenvalue weighted by molar-refractivity contribution is 0.0792. The second kappa shape index (κ2) is 7.47. The molecule has 0 unspecified atom stereocenters. The summed E-state index contributed by atoms with van der Waals surface area (Å²) >= 11 is 0. The lowest BCUT2D eigenvalue weighted by Gasteiger charge is -2.18. The number of hydrogen-bond acceptors (Lipinski definition) is 4. The first-order valence-electron chi connectivity index (χ1n) is 6.61. The van der Waals surface area contributed by atoms with Crippen LogP contribution in [0, 0.1) is 22.7 Å². The van der Waals surface area contributed by atoms with Gasteiger partial charge in [-0.2, -0.15) is 10.5 Å². The fourth-order valence-electron chi connectivity index (χ4n) is 1.89. The van der Waals surface area contributed by atoms with Gasteiger partial charge >= 0.3 is 0 Å². The van der Waals surface area contributed by atoms with Gasteiger partial charge in [-0.15, -0.1) is 0 Å². The van der Waals surface area contributed by atoms with Gasteiger partial charge in [0.15, 0.2) is 0 Å². The Labute approximate surface area is 128 Å². The molecule has 0 saturated heterocycles. The van der Waals surface area contributed by atoms with Crippen molar-refractivity contribution in [1.82, 2.24) is 4.90 Å². The molecule has 0 fully saturated rings. The summed E-state index contributed by atoms with van der Waals surface area (Å²) in [7, 11) is 0. The molecule has 0 heterocycles. The van der Waals surface area contributed by atoms with Gasteiger partial charge in [0.05, 0.1) is 17.7 Å². The summed E-state index contributed by atoms with van der Waals surface area (Å²) in [5.74, 6) is 0.587. The zero-order valence-electron chi connectivity index (χ0n) is 11.8. The fraction of sp³-hybridized carbons (Fsp3) is 0.118. The maximum atomic E-state index is 12.5. The summed E-state index contributed by atoms with van der Waals surface area (Å²) in [4.78, 5) is 13.7. The number of rotatable bonds is 5. The van der Waals surface area contributed by atoms with Crippen molar-refractivity contribution in [2.45, 2.75) is 0 Å². The van der Waals surface area contributed by atoms with E-state index in [0.717, 1.165) is 0 Å². The molecule has 1 amide bonds. The maximum Gasteiger partial charge on any atom is 0.259 e. The van der Waals surface area contributed by atoms with Crippen molar-refractivity contribution in [3.63, 3.8) is 0 Å². The van der Waals surface area contributed by atoms with Gasteiger partial charge in [0.1, 0.15) is 24.6 Å². The van der Waals surface area contributed by atoms with Crippen molar-refractivity contribution < 1.29 is 9.53 Å². The van der Waals surface area contributed by atoms with Crippen LogP contribution in [0.5, 0.6) is 11.5 Å². The summed E-state index contributed by atoms with van der Waals surface area (Å²) in [6.45, 7) is -0.294. The minimum atomic E-state index is -0.408. The molecule has 2 aromatic carbocycles. The van der Waals surface area contributed by atoms with E-state index in [-0.39, 0.29) is 13.1 Å². The molecule has 108 valence electrons. The highest BCUT2D eigenvalue weighted by atomic mass is 16.5. The average Bonchev–Trinajstić information content (AvgIpc) is 2.55. The molecule has 2 aromatic rings. The van der Waals surface area contributed by atoms with Crippen LogP contribution in [0.2, 0.25) is 0 Å². The Kier molecular flexibility index (Phi) is 5.12. The number of hydrogen-bond donors (Lipinski definition) is 0. The number of carbonyl (C=O) groups excluding carboxylic acids is 1. The van der Waals surface area contributed by atoms with Crippen LogP contribution in [-0.4, -0.2) is 23.9 Å². The number of carbonyl (C=O) groups is 1. The topological polar surface area (TPSA) is 77.1 Å². The molecular weight excluding hydrogens is 278 g/mol. The van der Waals surface area contributed by atoms with Gasteiger partial charge in [0, 0.05) is 0 Å². The molecule has 0 bridgehead atoms. The SMILES string of the molecule is N#CCN(CC#N)C(=O)c1ccccc1Oc1ccccc1. The molecule has 5 heteroatoms. The standard InChI is InChI=1S/C17H13N3O2/c18-10-12-20(13-11-19)17(21)15-8-4-5-9-16(15)22-14-6-2-1-3-7-14/h1-9H,12-13H2. The molecule has 0 atom stereocenters. The second-order valence-electron chi connectivity index (χ2n) is 4.39. The molecule has 0 aromatic heterocycles. The zero-order valence-corrected chi connectivity index (χ0v) is 11.8. The largest absolute Gasteiger partial charge is 0.457 e. The third-order valence-electron chi connectivity index (χ3n) is 2.90. The van der Waals surface area contributed by atoms with E-state index in [1.54, 1.807) is 36.4 Å². The Morgan fingerprint density at radius 2 is 1.55 bits per heavy atom. The van der Waals surface area contributed by atoms with E-state index >= 15 is 0 Å². The van der Waals surface area contributed by atoms with Gasteiger partial charge in [-0.3, -0.25) is 4.79 Å². The number of ether oxygens (including phenoxy) is 1. The van der Waals surface area contributed by atoms with Crippen molar-refractivity contribution in [3.8, 4) is 23.6 Å². The van der Waals surface area contributed by atoms with E-state index in [0.29, 0.717) is 17.1 Å². The van der Waals surface area contributed by atoms with Gasteiger partial charge in [0.25, 0.3) is 5.91 Å². The molecule has 0 aliphatic carbocycles. The average molecular weight is 291 g/mol. The van der Waals surface area contributed by atoms with Gasteiger partial charge in [-0.05, 0) is 24.3 Å². The van der Waals surface area contributed by atoms with Crippen molar-refractivity contribution >= 4 is 5.91 Å². The zero-order chi connectivity index (χ0) is 15.8. The van der Waals surface area contributed by atoms with Crippen molar-refractivity contribution in [2.24, 2.45) is 0 Å². The highest BCUT2D eigenvalue weighted by molar-refractivity contribution is 5.97. The predicted octanol–water partition coefficient (Wildman–Crippen LogP) is 2.97. The third kappa shape index (κ3) is 3.62. The molecule has 0 radical (unpaired) electrons. The van der Waals surface area contributed by atoms with Crippen LogP contribution in [0.4, 0.5) is 0 Å². The van der Waals surface area contributed by atoms with Crippen molar-refractivity contribution in [1.29, 1.82) is 10.5 Å². The van der Waals surface area contributed by atoms with E-state index in [9.17, 15) is 4.79 Å². The van der Waals surface area contributed by atoms with Crippen LogP contribution in [0.3, 0.4) is 0 Å². The highest BCUT2D eigenvalue weighted by Crippen LogP contribution is 2.26. The first-order chi connectivity index (χ1) is 10.8. The van der Waals surface area contributed by atoms with E-state index < -0.39 is 5.91 Å². The van der Waals surface area contributed by atoms with E-state index in [4.69, 9.17) is 15.3 Å². The van der Waals surface area contributed by atoms with Crippen LogP contribution in [0.25, 0.3) is 0 Å². The number of para-hydroxylation sites is 2. The molecule has 2 rings (SSSR count). The Bertz CT molecular complexity index is 714. The monoisotopic (exact) mass is 291 g/mol. The summed E-state index contributed by atoms with van der Waals surface area (Å²) < 4.78 is 5.72. The van der Waals surface area contributed by atoms with Crippen molar-refractivity contribution in [2.75, 3.05) is 13.1 Å². The Morgan fingerprint density at radius 3 is 2.18 bits per heavy atom. The van der Waals surface area contributed by atoms with Crippen LogP contribution in [0.15, 0.2) is 54.6 Å². The molecule has 0 aliphatic rings. The minimum absolute atomic E-state index is 0.147. The molecule has 0 saturated carbocycles. The second-order valence-corrected chi connectivity index (χ2v) is 4.39. The first kappa shape index (κ1) is 15.1. The maximum absolute atomic E-state index is 12.5. The molecular formula is C17H13N3O2. The summed E-state index contributed by atoms with van der Waals surface area (Å²) in [5.41, 5.74) is 0.317. The van der Waals surface area contributed by atoms with E-state index in [2.05, 4.69) is 0 Å². The van der Waals surface area contributed by atoms with Crippen LogP contribution in [-0.2, 0) is 0 Å². The molecule has 0 aliphatic heterocycles. The van der Waals surface area contributed by atoms with Crippen LogP contribution >= 0.6 is 0 Å². The summed E-state index contributed by atoms with van der Waals surface area (Å²) in [6.07, 6.45) is 0. The summed E-state index contributed by atoms with van der Waals surface area (Å²) in [6, 6.07) is 19.6. The third-order valence-corrected chi connectivity index (χ3v) is 2.90. The molecule has 0 spiro atoms. The minimum Gasteiger partial charge on any atom is -0.457 e. The predicted molar refractivity (Wildman–Crippen MR) is 80.1 cm³/mol. The van der Waals surface area contributed by atoms with E-state index in [1.807, 2.05) is 30.3 Å². The normalized spacial score (nSPS) is 9.36. The quantitative estimate of drug-likeness (QED) is 0.793. The fourth-order valence-corrected chi connectivity index (χ4v) is 1.89. The Morgan fingerprint density at radius 1 is 0.955 bits per heavy atom. The highest BCUT2D eigenvalue weighted by Gasteiger charge is 2.19. The summed E-state index contributed by atoms with van der Waals surface area (Å²) in [5, 5.41) is 17.6. The Hall–Kier alpha value is -3.31. The van der Waals surface area contributed by atoms with Gasteiger partial charge in [0.2, 0.25) is 0 Å². The lowest BCUT2D eigenvalue weighted by Crippen LogP contribution is -2.32. The lowest BCUT2D eigenvalue weighted by atomic mass is 10.1. The van der Waals surface area contributed by atoms with Crippen LogP contribution < -0.4 is 4.74 Å². The number of benzene rings is 2. The van der Waals surface area contributed by atoms with Crippen molar-refractivity contribution in [3.05, 3.63) is 60.2 Å². The number of nitriles is 2. The number of amides is 1. The Balaban J connectivity index is 2.30. The van der Waals surface area contributed by atoms with Gasteiger partial charge in [-0.25, -0.2) is 0 Å². The molecule has 0 N–H and O–H groups in total. The van der Waals surface area contributed by atoms with Gasteiger partial charge in [-0.1, -0.05) is 30.3 Å². The van der Waals surface area contributed by atoms with Crippen LogP contribution in [0.1, 0.15) is 10.4 Å². The van der Waals surface area contributed by atoms with E-state index in [1.165, 1.54) is 4.90 Å². The molecule has 22 heavy (non-hydrogen) atoms. The van der Waals surface area contributed by atoms with Gasteiger partial charge < -0.3 is 9.64 Å². The molecule has 5 nitrogen and oxygen atoms in total. The first-order valence-corrected chi connectivity index (χ1v) is 6.61. The number of nitrogens with zero attached hydrogens (tertiary/aromatic N) is 3.